The Morgan fingerprint density at radius 1 is 1.08 bits per heavy atom. The van der Waals surface area contributed by atoms with E-state index in [-0.39, 0.29) is 10.6 Å². The molecule has 2 aromatic carbocycles. The summed E-state index contributed by atoms with van der Waals surface area (Å²) in [4.78, 5) is 0.244. The van der Waals surface area contributed by atoms with E-state index < -0.39 is 10.0 Å². The molecule has 2 aromatic rings. The van der Waals surface area contributed by atoms with Crippen molar-refractivity contribution in [3.8, 4) is 5.75 Å². The fraction of sp³-hybridized carbons (Fsp3) is 0.368. The number of phenols is 1. The van der Waals surface area contributed by atoms with Gasteiger partial charge in [0, 0.05) is 12.6 Å². The zero-order chi connectivity index (χ0) is 17.9. The predicted octanol–water partition coefficient (Wildman–Crippen LogP) is 4.18. The molecule has 1 N–H and O–H groups in total. The molecule has 0 unspecified atom stereocenters. The van der Waals surface area contributed by atoms with Crippen LogP contribution in [0, 0.1) is 13.8 Å². The molecule has 2 rings (SSSR count). The lowest BCUT2D eigenvalue weighted by molar-refractivity contribution is 0.470. The average molecular weight is 347 g/mol. The third kappa shape index (κ3) is 3.73. The number of aromatic hydroxyl groups is 1. The monoisotopic (exact) mass is 347 g/mol. The van der Waals surface area contributed by atoms with Crippen LogP contribution in [0.3, 0.4) is 0 Å². The van der Waals surface area contributed by atoms with Gasteiger partial charge in [0.1, 0.15) is 5.75 Å². The first kappa shape index (κ1) is 18.3. The summed E-state index contributed by atoms with van der Waals surface area (Å²) in [6, 6.07) is 10.4. The van der Waals surface area contributed by atoms with E-state index in [1.54, 1.807) is 37.3 Å². The molecular formula is C19H25NO3S. The summed E-state index contributed by atoms with van der Waals surface area (Å²) >= 11 is 0. The van der Waals surface area contributed by atoms with E-state index >= 15 is 0 Å². The molecule has 0 aliphatic heterocycles. The van der Waals surface area contributed by atoms with Crippen LogP contribution in [0.2, 0.25) is 0 Å². The van der Waals surface area contributed by atoms with Gasteiger partial charge in [-0.05, 0) is 56.5 Å². The highest BCUT2D eigenvalue weighted by atomic mass is 32.2. The van der Waals surface area contributed by atoms with Crippen molar-refractivity contribution in [2.75, 3.05) is 11.4 Å². The first-order chi connectivity index (χ1) is 11.3. The fourth-order valence-corrected chi connectivity index (χ4v) is 3.84. The minimum atomic E-state index is -3.66. The number of unbranched alkanes of at least 4 members (excludes halogenated alkanes) is 1. The van der Waals surface area contributed by atoms with Gasteiger partial charge in [-0.15, -0.1) is 0 Å². The van der Waals surface area contributed by atoms with Gasteiger partial charge in [-0.2, -0.15) is 0 Å². The Bertz CT molecular complexity index is 811. The highest BCUT2D eigenvalue weighted by Crippen LogP contribution is 2.32. The molecule has 0 amide bonds. The first-order valence-electron chi connectivity index (χ1n) is 8.15. The van der Waals surface area contributed by atoms with Gasteiger partial charge in [0.25, 0.3) is 10.0 Å². The summed E-state index contributed by atoms with van der Waals surface area (Å²) in [5.41, 5.74) is 3.03. The molecule has 0 aromatic heterocycles. The molecule has 5 heteroatoms. The Balaban J connectivity index is 2.46. The van der Waals surface area contributed by atoms with E-state index in [9.17, 15) is 13.5 Å². The molecule has 130 valence electrons. The van der Waals surface area contributed by atoms with E-state index in [0.717, 1.165) is 30.4 Å². The van der Waals surface area contributed by atoms with Gasteiger partial charge in [-0.25, -0.2) is 8.42 Å². The second-order valence-electron chi connectivity index (χ2n) is 6.15. The molecule has 0 atom stereocenters. The SMILES string of the molecule is CCCCc1cc(O)c(C)c(N(C)S(=O)(=O)c2ccc(C)cc2)c1. The minimum Gasteiger partial charge on any atom is -0.508 e. The van der Waals surface area contributed by atoms with Crippen LogP contribution in [0.25, 0.3) is 0 Å². The zero-order valence-electron chi connectivity index (χ0n) is 14.7. The van der Waals surface area contributed by atoms with Crippen molar-refractivity contribution >= 4 is 15.7 Å². The van der Waals surface area contributed by atoms with Gasteiger partial charge >= 0.3 is 0 Å². The van der Waals surface area contributed by atoms with Gasteiger partial charge in [-0.3, -0.25) is 4.31 Å². The Morgan fingerprint density at radius 3 is 2.29 bits per heavy atom. The summed E-state index contributed by atoms with van der Waals surface area (Å²) in [5.74, 6) is 0.129. The second-order valence-corrected chi connectivity index (χ2v) is 8.12. The molecular weight excluding hydrogens is 322 g/mol. The summed E-state index contributed by atoms with van der Waals surface area (Å²) in [6.45, 7) is 5.75. The molecule has 24 heavy (non-hydrogen) atoms. The number of rotatable bonds is 6. The third-order valence-electron chi connectivity index (χ3n) is 4.25. The van der Waals surface area contributed by atoms with Gasteiger partial charge in [0.05, 0.1) is 10.6 Å². The smallest absolute Gasteiger partial charge is 0.264 e. The number of nitrogens with zero attached hydrogens (tertiary/aromatic N) is 1. The highest BCUT2D eigenvalue weighted by molar-refractivity contribution is 7.92. The summed E-state index contributed by atoms with van der Waals surface area (Å²) in [6.07, 6.45) is 2.85. The van der Waals surface area contributed by atoms with Crippen LogP contribution >= 0.6 is 0 Å². The number of benzene rings is 2. The molecule has 0 fully saturated rings. The molecule has 0 heterocycles. The molecule has 0 radical (unpaired) electrons. The molecule has 0 bridgehead atoms. The van der Waals surface area contributed by atoms with Gasteiger partial charge in [-0.1, -0.05) is 31.0 Å². The maximum Gasteiger partial charge on any atom is 0.264 e. The standard InChI is InChI=1S/C19H25NO3S/c1-5-6-7-16-12-18(15(3)19(21)13-16)20(4)24(22,23)17-10-8-14(2)9-11-17/h8-13,21H,5-7H2,1-4H3. The van der Waals surface area contributed by atoms with Crippen LogP contribution in [-0.2, 0) is 16.4 Å². The topological polar surface area (TPSA) is 57.6 Å². The molecule has 0 saturated carbocycles. The lowest BCUT2D eigenvalue weighted by Crippen LogP contribution is -2.27. The van der Waals surface area contributed by atoms with Crippen molar-refractivity contribution in [3.63, 3.8) is 0 Å². The molecule has 0 aliphatic carbocycles. The number of sulfonamides is 1. The molecule has 0 spiro atoms. The third-order valence-corrected chi connectivity index (χ3v) is 6.04. The number of anilines is 1. The average Bonchev–Trinajstić information content (AvgIpc) is 2.55. The Kier molecular flexibility index (Phi) is 5.54. The number of phenolic OH excluding ortho intramolecular Hbond substituents is 1. The van der Waals surface area contributed by atoms with Gasteiger partial charge in [0.15, 0.2) is 0 Å². The van der Waals surface area contributed by atoms with Crippen molar-refractivity contribution in [2.45, 2.75) is 44.9 Å². The zero-order valence-corrected chi connectivity index (χ0v) is 15.5. The Labute approximate surface area is 144 Å². The number of hydrogen-bond acceptors (Lipinski definition) is 3. The van der Waals surface area contributed by atoms with Crippen LogP contribution in [-0.4, -0.2) is 20.6 Å². The fourth-order valence-electron chi connectivity index (χ4n) is 2.59. The van der Waals surface area contributed by atoms with Crippen LogP contribution in [0.15, 0.2) is 41.3 Å². The first-order valence-corrected chi connectivity index (χ1v) is 9.59. The maximum atomic E-state index is 12.9. The van der Waals surface area contributed by atoms with E-state index in [1.807, 2.05) is 13.0 Å². The summed E-state index contributed by atoms with van der Waals surface area (Å²) in [7, 11) is -2.13. The predicted molar refractivity (Wildman–Crippen MR) is 98.2 cm³/mol. The lowest BCUT2D eigenvalue weighted by atomic mass is 10.0. The maximum absolute atomic E-state index is 12.9. The quantitative estimate of drug-likeness (QED) is 0.853. The second kappa shape index (κ2) is 7.26. The van der Waals surface area contributed by atoms with E-state index in [0.29, 0.717) is 11.3 Å². The van der Waals surface area contributed by atoms with Crippen LogP contribution in [0.1, 0.15) is 36.5 Å². The van der Waals surface area contributed by atoms with Crippen molar-refractivity contribution < 1.29 is 13.5 Å². The van der Waals surface area contributed by atoms with Crippen molar-refractivity contribution in [2.24, 2.45) is 0 Å². The van der Waals surface area contributed by atoms with Crippen LogP contribution in [0.5, 0.6) is 5.75 Å². The minimum absolute atomic E-state index is 0.129. The lowest BCUT2D eigenvalue weighted by Gasteiger charge is -2.23. The van der Waals surface area contributed by atoms with E-state index in [4.69, 9.17) is 0 Å². The summed E-state index contributed by atoms with van der Waals surface area (Å²) in [5, 5.41) is 10.2. The molecule has 0 aliphatic rings. The Morgan fingerprint density at radius 2 is 1.71 bits per heavy atom. The van der Waals surface area contributed by atoms with Crippen molar-refractivity contribution in [1.29, 1.82) is 0 Å². The van der Waals surface area contributed by atoms with Gasteiger partial charge in [0.2, 0.25) is 0 Å². The van der Waals surface area contributed by atoms with Crippen LogP contribution < -0.4 is 4.31 Å². The van der Waals surface area contributed by atoms with Crippen LogP contribution in [0.4, 0.5) is 5.69 Å². The number of hydrogen-bond donors (Lipinski definition) is 1. The van der Waals surface area contributed by atoms with E-state index in [1.165, 1.54) is 11.4 Å². The largest absolute Gasteiger partial charge is 0.508 e. The number of aryl methyl sites for hydroxylation is 2. The summed E-state index contributed by atoms with van der Waals surface area (Å²) < 4.78 is 27.0. The van der Waals surface area contributed by atoms with Crippen molar-refractivity contribution in [3.05, 3.63) is 53.1 Å². The molecule has 4 nitrogen and oxygen atoms in total. The van der Waals surface area contributed by atoms with Gasteiger partial charge < -0.3 is 5.11 Å². The highest BCUT2D eigenvalue weighted by Gasteiger charge is 2.23. The normalized spacial score (nSPS) is 11.5. The van der Waals surface area contributed by atoms with Crippen molar-refractivity contribution in [1.82, 2.24) is 0 Å². The van der Waals surface area contributed by atoms with E-state index in [2.05, 4.69) is 6.92 Å². The Hall–Kier alpha value is -2.01. The molecule has 0 saturated heterocycles.